The molecule has 0 unspecified atom stereocenters. The number of rotatable bonds is 5. The summed E-state index contributed by atoms with van der Waals surface area (Å²) in [5.41, 5.74) is 0.0739. The number of carbonyl (C=O) groups is 1. The Kier molecular flexibility index (Phi) is 4.40. The van der Waals surface area contributed by atoms with Crippen molar-refractivity contribution < 1.29 is 23.8 Å². The fourth-order valence-corrected chi connectivity index (χ4v) is 2.45. The van der Waals surface area contributed by atoms with E-state index >= 15 is 0 Å². The summed E-state index contributed by atoms with van der Waals surface area (Å²) in [6.45, 7) is 1.82. The Bertz CT molecular complexity index is 743. The van der Waals surface area contributed by atoms with Gasteiger partial charge in [-0.15, -0.1) is 0 Å². The Morgan fingerprint density at radius 2 is 1.92 bits per heavy atom. The number of hydrogen-bond donors (Lipinski definition) is 2. The molecule has 24 heavy (non-hydrogen) atoms. The molecule has 0 radical (unpaired) electrons. The Balaban J connectivity index is 1.60. The maximum Gasteiger partial charge on any atom is 0.231 e. The summed E-state index contributed by atoms with van der Waals surface area (Å²) in [4.78, 5) is 12.0. The molecule has 1 atom stereocenters. The molecule has 0 aliphatic carbocycles. The van der Waals surface area contributed by atoms with Crippen molar-refractivity contribution in [2.45, 2.75) is 18.9 Å². The van der Waals surface area contributed by atoms with E-state index in [1.54, 1.807) is 37.3 Å². The van der Waals surface area contributed by atoms with E-state index in [1.165, 1.54) is 12.1 Å². The number of halogens is 1. The summed E-state index contributed by atoms with van der Waals surface area (Å²) in [6, 6.07) is 10.9. The minimum absolute atomic E-state index is 0.0483. The van der Waals surface area contributed by atoms with Crippen LogP contribution in [0.4, 0.5) is 4.39 Å². The van der Waals surface area contributed by atoms with E-state index in [-0.39, 0.29) is 31.5 Å². The number of hydrogen-bond acceptors (Lipinski definition) is 4. The van der Waals surface area contributed by atoms with Crippen molar-refractivity contribution in [2.24, 2.45) is 0 Å². The van der Waals surface area contributed by atoms with E-state index in [0.717, 1.165) is 0 Å². The largest absolute Gasteiger partial charge is 0.454 e. The van der Waals surface area contributed by atoms with E-state index < -0.39 is 5.60 Å². The summed E-state index contributed by atoms with van der Waals surface area (Å²) in [6.07, 6.45) is 0.123. The lowest BCUT2D eigenvalue weighted by Crippen LogP contribution is -2.39. The van der Waals surface area contributed by atoms with Gasteiger partial charge < -0.3 is 19.9 Å². The topological polar surface area (TPSA) is 67.8 Å². The molecular weight excluding hydrogens is 313 g/mol. The minimum atomic E-state index is -1.25. The molecule has 5 nitrogen and oxygen atoms in total. The van der Waals surface area contributed by atoms with Gasteiger partial charge in [0.2, 0.25) is 12.7 Å². The summed E-state index contributed by atoms with van der Waals surface area (Å²) < 4.78 is 23.4. The van der Waals surface area contributed by atoms with Crippen LogP contribution in [0.2, 0.25) is 0 Å². The number of aliphatic hydroxyl groups is 1. The van der Waals surface area contributed by atoms with Crippen molar-refractivity contribution in [3.05, 3.63) is 59.4 Å². The second kappa shape index (κ2) is 6.49. The van der Waals surface area contributed by atoms with Gasteiger partial charge >= 0.3 is 0 Å². The third-order valence-corrected chi connectivity index (χ3v) is 3.90. The lowest BCUT2D eigenvalue weighted by Gasteiger charge is -2.24. The van der Waals surface area contributed by atoms with Crippen LogP contribution in [-0.2, 0) is 16.8 Å². The van der Waals surface area contributed by atoms with Gasteiger partial charge in [0.25, 0.3) is 0 Å². The van der Waals surface area contributed by atoms with Crippen LogP contribution in [0.5, 0.6) is 11.5 Å². The molecule has 2 N–H and O–H groups in total. The van der Waals surface area contributed by atoms with Crippen LogP contribution in [0.3, 0.4) is 0 Å². The van der Waals surface area contributed by atoms with Crippen LogP contribution < -0.4 is 14.8 Å². The zero-order chi connectivity index (χ0) is 17.2. The number of carbonyl (C=O) groups excluding carboxylic acids is 1. The molecule has 1 heterocycles. The molecule has 2 aromatic rings. The van der Waals surface area contributed by atoms with Gasteiger partial charge in [-0.1, -0.05) is 18.2 Å². The Morgan fingerprint density at radius 1 is 1.21 bits per heavy atom. The third-order valence-electron chi connectivity index (χ3n) is 3.90. The highest BCUT2D eigenvalue weighted by Crippen LogP contribution is 2.35. The minimum Gasteiger partial charge on any atom is -0.454 e. The third kappa shape index (κ3) is 3.65. The average Bonchev–Trinajstić information content (AvgIpc) is 3.03. The van der Waals surface area contributed by atoms with Crippen LogP contribution in [0.25, 0.3) is 0 Å². The number of ether oxygens (including phenoxy) is 2. The quantitative estimate of drug-likeness (QED) is 0.881. The summed E-state index contributed by atoms with van der Waals surface area (Å²) >= 11 is 0. The summed E-state index contributed by atoms with van der Waals surface area (Å²) in [7, 11) is 0. The molecule has 0 aromatic heterocycles. The second-order valence-electron chi connectivity index (χ2n) is 5.92. The standard InChI is InChI=1S/C18H18FNO4/c1-18(22,13-4-7-15-16(9-13)24-11-23-15)10-20-17(21)8-12-2-5-14(19)6-3-12/h2-7,9,22H,8,10-11H2,1H3,(H,20,21)/t18-/m0/s1. The highest BCUT2D eigenvalue weighted by molar-refractivity contribution is 5.78. The van der Waals surface area contributed by atoms with E-state index in [9.17, 15) is 14.3 Å². The first-order valence-corrected chi connectivity index (χ1v) is 7.58. The molecule has 1 aliphatic rings. The monoisotopic (exact) mass is 331 g/mol. The maximum absolute atomic E-state index is 12.9. The molecule has 126 valence electrons. The lowest BCUT2D eigenvalue weighted by molar-refractivity contribution is -0.121. The molecule has 3 rings (SSSR count). The number of amides is 1. The Labute approximate surface area is 139 Å². The normalized spacial score (nSPS) is 15.0. The van der Waals surface area contributed by atoms with Crippen molar-refractivity contribution in [1.82, 2.24) is 5.32 Å². The predicted octanol–water partition coefficient (Wildman–Crippen LogP) is 2.12. The summed E-state index contributed by atoms with van der Waals surface area (Å²) in [5, 5.41) is 13.3. The molecule has 2 aromatic carbocycles. The van der Waals surface area contributed by atoms with Gasteiger partial charge in [0.05, 0.1) is 13.0 Å². The van der Waals surface area contributed by atoms with Crippen LogP contribution >= 0.6 is 0 Å². The van der Waals surface area contributed by atoms with Gasteiger partial charge in [-0.25, -0.2) is 4.39 Å². The fourth-order valence-electron chi connectivity index (χ4n) is 2.45. The lowest BCUT2D eigenvalue weighted by atomic mass is 9.95. The van der Waals surface area contributed by atoms with Gasteiger partial charge in [0, 0.05) is 0 Å². The first kappa shape index (κ1) is 16.3. The van der Waals surface area contributed by atoms with Gasteiger partial charge in [-0.2, -0.15) is 0 Å². The smallest absolute Gasteiger partial charge is 0.231 e. The molecule has 0 bridgehead atoms. The highest BCUT2D eigenvalue weighted by Gasteiger charge is 2.26. The molecule has 0 saturated carbocycles. The Morgan fingerprint density at radius 3 is 2.67 bits per heavy atom. The van der Waals surface area contributed by atoms with Gasteiger partial charge in [0.1, 0.15) is 11.4 Å². The summed E-state index contributed by atoms with van der Waals surface area (Å²) in [5.74, 6) is 0.618. The molecule has 0 fully saturated rings. The molecule has 1 aliphatic heterocycles. The number of benzene rings is 2. The van der Waals surface area contributed by atoms with Gasteiger partial charge in [0.15, 0.2) is 11.5 Å². The first-order chi connectivity index (χ1) is 11.4. The average molecular weight is 331 g/mol. The maximum atomic E-state index is 12.9. The van der Waals surface area contributed by atoms with Crippen LogP contribution in [0, 0.1) is 5.82 Å². The van der Waals surface area contributed by atoms with Crippen LogP contribution in [0.1, 0.15) is 18.1 Å². The SMILES string of the molecule is C[C@](O)(CNC(=O)Cc1ccc(F)cc1)c1ccc2c(c1)OCO2. The van der Waals surface area contributed by atoms with Crippen molar-refractivity contribution in [1.29, 1.82) is 0 Å². The molecular formula is C18H18FNO4. The van der Waals surface area contributed by atoms with Crippen molar-refractivity contribution in [3.8, 4) is 11.5 Å². The predicted molar refractivity (Wildman–Crippen MR) is 85.2 cm³/mol. The number of nitrogens with one attached hydrogen (secondary N) is 1. The van der Waals surface area contributed by atoms with Crippen molar-refractivity contribution >= 4 is 5.91 Å². The van der Waals surface area contributed by atoms with E-state index in [4.69, 9.17) is 9.47 Å². The first-order valence-electron chi connectivity index (χ1n) is 7.58. The molecule has 0 saturated heterocycles. The van der Waals surface area contributed by atoms with Crippen LogP contribution in [-0.4, -0.2) is 24.4 Å². The molecule has 0 spiro atoms. The molecule has 1 amide bonds. The van der Waals surface area contributed by atoms with Gasteiger partial charge in [-0.3, -0.25) is 4.79 Å². The van der Waals surface area contributed by atoms with Crippen molar-refractivity contribution in [2.75, 3.05) is 13.3 Å². The van der Waals surface area contributed by atoms with E-state index in [1.807, 2.05) is 0 Å². The number of fused-ring (bicyclic) bond motifs is 1. The second-order valence-corrected chi connectivity index (χ2v) is 5.92. The van der Waals surface area contributed by atoms with E-state index in [2.05, 4.69) is 5.32 Å². The zero-order valence-electron chi connectivity index (χ0n) is 13.2. The van der Waals surface area contributed by atoms with Gasteiger partial charge in [-0.05, 0) is 42.3 Å². The van der Waals surface area contributed by atoms with Crippen molar-refractivity contribution in [3.63, 3.8) is 0 Å². The molecule has 6 heteroatoms. The zero-order valence-corrected chi connectivity index (χ0v) is 13.2. The van der Waals surface area contributed by atoms with E-state index in [0.29, 0.717) is 22.6 Å². The fraction of sp³-hybridized carbons (Fsp3) is 0.278. The van der Waals surface area contributed by atoms with Crippen LogP contribution in [0.15, 0.2) is 42.5 Å². The Hall–Kier alpha value is -2.60. The highest BCUT2D eigenvalue weighted by atomic mass is 19.1.